The van der Waals surface area contributed by atoms with Gasteiger partial charge in [0.05, 0.1) is 12.2 Å². The molecule has 0 aliphatic rings. The molecule has 0 radical (unpaired) electrons. The Morgan fingerprint density at radius 1 is 0.909 bits per heavy atom. The van der Waals surface area contributed by atoms with Gasteiger partial charge < -0.3 is 15.2 Å². The third kappa shape index (κ3) is 7.09. The molecule has 116 valence electrons. The third-order valence-corrected chi connectivity index (χ3v) is 2.51. The average Bonchev–Trinajstić information content (AvgIpc) is 2.55. The highest BCUT2D eigenvalue weighted by Crippen LogP contribution is 2.05. The van der Waals surface area contributed by atoms with Crippen LogP contribution in [0.1, 0.15) is 22.8 Å². The predicted octanol–water partition coefficient (Wildman–Crippen LogP) is 3.15. The first kappa shape index (κ1) is 17.2. The van der Waals surface area contributed by atoms with Gasteiger partial charge in [0.2, 0.25) is 0 Å². The van der Waals surface area contributed by atoms with Crippen LogP contribution in [0.2, 0.25) is 0 Å². The van der Waals surface area contributed by atoms with Crippen LogP contribution >= 0.6 is 0 Å². The van der Waals surface area contributed by atoms with E-state index in [0.717, 1.165) is 5.56 Å². The summed E-state index contributed by atoms with van der Waals surface area (Å²) in [6, 6.07) is 18.6. The molecule has 2 rings (SSSR count). The monoisotopic (exact) mass is 301 g/mol. The Morgan fingerprint density at radius 3 is 1.91 bits per heavy atom. The van der Waals surface area contributed by atoms with E-state index in [1.54, 1.807) is 19.1 Å². The van der Waals surface area contributed by atoms with Gasteiger partial charge in [-0.1, -0.05) is 48.5 Å². The summed E-state index contributed by atoms with van der Waals surface area (Å²) in [6.07, 6.45) is -0.711. The van der Waals surface area contributed by atoms with Crippen LogP contribution < -0.4 is 5.73 Å². The van der Waals surface area contributed by atoms with E-state index in [9.17, 15) is 9.59 Å². The molecule has 0 bridgehead atoms. The van der Waals surface area contributed by atoms with Crippen LogP contribution in [0.5, 0.6) is 0 Å². The van der Waals surface area contributed by atoms with Crippen LogP contribution in [0.3, 0.4) is 0 Å². The molecule has 22 heavy (non-hydrogen) atoms. The molecule has 0 aliphatic heterocycles. The van der Waals surface area contributed by atoms with Crippen molar-refractivity contribution in [2.24, 2.45) is 5.73 Å². The van der Waals surface area contributed by atoms with E-state index in [1.807, 2.05) is 48.5 Å². The number of benzene rings is 2. The zero-order valence-corrected chi connectivity index (χ0v) is 12.4. The lowest BCUT2D eigenvalue weighted by molar-refractivity contribution is 0.0472. The Balaban J connectivity index is 0.000000346. The van der Waals surface area contributed by atoms with Crippen molar-refractivity contribution in [3.63, 3.8) is 0 Å². The topological polar surface area (TPSA) is 78.6 Å². The van der Waals surface area contributed by atoms with Gasteiger partial charge in [0, 0.05) is 0 Å². The van der Waals surface area contributed by atoms with E-state index in [0.29, 0.717) is 18.8 Å². The molecule has 5 nitrogen and oxygen atoms in total. The van der Waals surface area contributed by atoms with Gasteiger partial charge >= 0.3 is 12.1 Å². The first-order valence-corrected chi connectivity index (χ1v) is 6.81. The van der Waals surface area contributed by atoms with E-state index < -0.39 is 6.09 Å². The first-order valence-electron chi connectivity index (χ1n) is 6.81. The van der Waals surface area contributed by atoms with Crippen LogP contribution in [0.15, 0.2) is 60.7 Å². The summed E-state index contributed by atoms with van der Waals surface area (Å²) in [7, 11) is 0. The van der Waals surface area contributed by atoms with E-state index >= 15 is 0 Å². The number of carbonyl (C=O) groups is 2. The maximum atomic E-state index is 11.6. The Labute approximate surface area is 129 Å². The predicted molar refractivity (Wildman–Crippen MR) is 83.2 cm³/mol. The number of nitrogens with two attached hydrogens (primary N) is 1. The zero-order valence-electron chi connectivity index (χ0n) is 12.4. The van der Waals surface area contributed by atoms with Gasteiger partial charge in [0.25, 0.3) is 0 Å². The lowest BCUT2D eigenvalue weighted by Gasteiger charge is -2.04. The highest BCUT2D eigenvalue weighted by molar-refractivity contribution is 5.89. The summed E-state index contributed by atoms with van der Waals surface area (Å²) in [4.78, 5) is 21.2. The standard InChI is InChI=1S/C14H12O2.C3H7NO2/c15-14(13-9-5-2-6-10-13)16-11-12-7-3-1-4-8-12;1-2-6-3(4)5/h1-10H,11H2;2H2,1H3,(H2,4,5). The number of amides is 1. The van der Waals surface area contributed by atoms with E-state index in [-0.39, 0.29) is 5.97 Å². The van der Waals surface area contributed by atoms with Crippen molar-refractivity contribution in [2.75, 3.05) is 6.61 Å². The van der Waals surface area contributed by atoms with Crippen LogP contribution in [0.25, 0.3) is 0 Å². The van der Waals surface area contributed by atoms with Gasteiger partial charge in [-0.15, -0.1) is 0 Å². The molecule has 2 N–H and O–H groups in total. The maximum absolute atomic E-state index is 11.6. The van der Waals surface area contributed by atoms with Gasteiger partial charge in [-0.05, 0) is 24.6 Å². The van der Waals surface area contributed by atoms with Crippen LogP contribution in [-0.4, -0.2) is 18.7 Å². The lowest BCUT2D eigenvalue weighted by Crippen LogP contribution is -2.11. The fraction of sp³-hybridized carbons (Fsp3) is 0.176. The summed E-state index contributed by atoms with van der Waals surface area (Å²) >= 11 is 0. The largest absolute Gasteiger partial charge is 0.457 e. The molecule has 0 aliphatic carbocycles. The quantitative estimate of drug-likeness (QED) is 0.880. The SMILES string of the molecule is CCOC(N)=O.O=C(OCc1ccccc1)c1ccccc1. The molecule has 0 heterocycles. The second-order valence-electron chi connectivity index (χ2n) is 4.18. The minimum atomic E-state index is -0.711. The lowest BCUT2D eigenvalue weighted by atomic mass is 10.2. The number of hydrogen-bond acceptors (Lipinski definition) is 4. The average molecular weight is 301 g/mol. The highest BCUT2D eigenvalue weighted by Gasteiger charge is 2.05. The van der Waals surface area contributed by atoms with Gasteiger partial charge in [-0.2, -0.15) is 0 Å². The summed E-state index contributed by atoms with van der Waals surface area (Å²) < 4.78 is 9.36. The molecule has 2 aromatic carbocycles. The minimum absolute atomic E-state index is 0.288. The number of rotatable bonds is 4. The van der Waals surface area contributed by atoms with Gasteiger partial charge in [0.15, 0.2) is 0 Å². The molecule has 0 aromatic heterocycles. The van der Waals surface area contributed by atoms with Crippen molar-refractivity contribution in [3.8, 4) is 0 Å². The molecule has 0 atom stereocenters. The van der Waals surface area contributed by atoms with Crippen LogP contribution in [-0.2, 0) is 16.1 Å². The van der Waals surface area contributed by atoms with E-state index in [2.05, 4.69) is 10.5 Å². The second-order valence-corrected chi connectivity index (χ2v) is 4.18. The Hall–Kier alpha value is -2.82. The highest BCUT2D eigenvalue weighted by atomic mass is 16.5. The molecule has 5 heteroatoms. The Morgan fingerprint density at radius 2 is 1.45 bits per heavy atom. The number of carbonyl (C=O) groups excluding carboxylic acids is 2. The molecule has 1 amide bonds. The van der Waals surface area contributed by atoms with Crippen LogP contribution in [0.4, 0.5) is 4.79 Å². The van der Waals surface area contributed by atoms with Gasteiger partial charge in [0.1, 0.15) is 6.61 Å². The zero-order chi connectivity index (χ0) is 16.2. The first-order chi connectivity index (χ1) is 10.6. The van der Waals surface area contributed by atoms with Crippen molar-refractivity contribution < 1.29 is 19.1 Å². The molecular weight excluding hydrogens is 282 g/mol. The smallest absolute Gasteiger partial charge is 0.404 e. The van der Waals surface area contributed by atoms with Crippen molar-refractivity contribution in [1.82, 2.24) is 0 Å². The summed E-state index contributed by atoms with van der Waals surface area (Å²) in [5.74, 6) is -0.288. The molecule has 2 aromatic rings. The molecule has 0 saturated carbocycles. The molecule has 0 fully saturated rings. The number of ether oxygens (including phenoxy) is 2. The number of primary amides is 1. The third-order valence-electron chi connectivity index (χ3n) is 2.51. The summed E-state index contributed by atoms with van der Waals surface area (Å²) in [5.41, 5.74) is 6.12. The Kier molecular flexibility index (Phi) is 7.82. The second kappa shape index (κ2) is 9.99. The molecule has 0 saturated heterocycles. The normalized spacial score (nSPS) is 9.14. The van der Waals surface area contributed by atoms with Crippen molar-refractivity contribution in [2.45, 2.75) is 13.5 Å². The Bertz CT molecular complexity index is 570. The van der Waals surface area contributed by atoms with Crippen LogP contribution in [0, 0.1) is 0 Å². The minimum Gasteiger partial charge on any atom is -0.457 e. The van der Waals surface area contributed by atoms with Gasteiger partial charge in [-0.3, -0.25) is 0 Å². The fourth-order valence-electron chi connectivity index (χ4n) is 1.52. The molecular formula is C17H19NO4. The molecule has 0 spiro atoms. The van der Waals surface area contributed by atoms with E-state index in [1.165, 1.54) is 0 Å². The fourth-order valence-corrected chi connectivity index (χ4v) is 1.52. The number of hydrogen-bond donors (Lipinski definition) is 1. The maximum Gasteiger partial charge on any atom is 0.404 e. The molecule has 0 unspecified atom stereocenters. The summed E-state index contributed by atoms with van der Waals surface area (Å²) in [6.45, 7) is 2.37. The van der Waals surface area contributed by atoms with E-state index in [4.69, 9.17) is 4.74 Å². The summed E-state index contributed by atoms with van der Waals surface area (Å²) in [5, 5.41) is 0. The van der Waals surface area contributed by atoms with Gasteiger partial charge in [-0.25, -0.2) is 9.59 Å². The van der Waals surface area contributed by atoms with Crippen molar-refractivity contribution in [3.05, 3.63) is 71.8 Å². The van der Waals surface area contributed by atoms with Crippen molar-refractivity contribution >= 4 is 12.1 Å². The number of esters is 1. The van der Waals surface area contributed by atoms with Crippen molar-refractivity contribution in [1.29, 1.82) is 0 Å².